The van der Waals surface area contributed by atoms with E-state index in [9.17, 15) is 14.9 Å². The van der Waals surface area contributed by atoms with Gasteiger partial charge in [-0.2, -0.15) is 0 Å². The third-order valence-electron chi connectivity index (χ3n) is 6.00. The highest BCUT2D eigenvalue weighted by Crippen LogP contribution is 2.18. The average Bonchev–Trinajstić information content (AvgIpc) is 2.95. The highest BCUT2D eigenvalue weighted by atomic mass is 16.6. The number of likely N-dealkylation sites (N-methyl/N-ethyl adjacent to an activating group) is 1. The third kappa shape index (κ3) is 7.22. The number of rotatable bonds is 11. The van der Waals surface area contributed by atoms with Gasteiger partial charge >= 0.3 is 0 Å². The normalized spacial score (nSPS) is 10.9. The Bertz CT molecular complexity index is 1350. The van der Waals surface area contributed by atoms with Crippen LogP contribution < -0.4 is 4.90 Å². The summed E-state index contributed by atoms with van der Waals surface area (Å²) in [6, 6.07) is 31.5. The van der Waals surface area contributed by atoms with E-state index in [1.165, 1.54) is 12.1 Å². The van der Waals surface area contributed by atoms with Gasteiger partial charge in [0.05, 0.1) is 18.1 Å². The van der Waals surface area contributed by atoms with Crippen LogP contribution in [0, 0.1) is 10.1 Å². The maximum Gasteiger partial charge on any atom is 0.269 e. The van der Waals surface area contributed by atoms with Gasteiger partial charge in [-0.25, -0.2) is 0 Å². The van der Waals surface area contributed by atoms with Gasteiger partial charge in [0.15, 0.2) is 5.78 Å². The van der Waals surface area contributed by atoms with Crippen molar-refractivity contribution in [1.29, 1.82) is 0 Å². The van der Waals surface area contributed by atoms with Crippen LogP contribution in [0.25, 0.3) is 12.2 Å². The van der Waals surface area contributed by atoms with Crippen molar-refractivity contribution in [2.45, 2.75) is 6.61 Å². The van der Waals surface area contributed by atoms with Crippen LogP contribution in [0.5, 0.6) is 0 Å². The smallest absolute Gasteiger partial charge is 0.269 e. The van der Waals surface area contributed by atoms with Crippen LogP contribution in [0.2, 0.25) is 0 Å². The molecule has 0 heterocycles. The van der Waals surface area contributed by atoms with Crippen molar-refractivity contribution in [3.05, 3.63) is 141 Å². The number of benzene rings is 4. The third-order valence-corrected chi connectivity index (χ3v) is 6.00. The van der Waals surface area contributed by atoms with E-state index in [1.54, 1.807) is 12.1 Å². The first kappa shape index (κ1) is 25.5. The lowest BCUT2D eigenvalue weighted by molar-refractivity contribution is -0.384. The molecule has 37 heavy (non-hydrogen) atoms. The predicted molar refractivity (Wildman–Crippen MR) is 148 cm³/mol. The van der Waals surface area contributed by atoms with Crippen molar-refractivity contribution >= 4 is 29.3 Å². The maximum atomic E-state index is 12.5. The second kappa shape index (κ2) is 12.4. The summed E-state index contributed by atoms with van der Waals surface area (Å²) in [5.41, 5.74) is 5.49. The zero-order chi connectivity index (χ0) is 26.0. The molecular weight excluding hydrogens is 464 g/mol. The van der Waals surface area contributed by atoms with Gasteiger partial charge in [0, 0.05) is 42.5 Å². The van der Waals surface area contributed by atoms with Crippen LogP contribution in [0.15, 0.2) is 103 Å². The number of carbonyl (C=O) groups is 1. The molecule has 4 aromatic rings. The van der Waals surface area contributed by atoms with Gasteiger partial charge in [0.25, 0.3) is 5.69 Å². The lowest BCUT2D eigenvalue weighted by Crippen LogP contribution is -2.22. The Morgan fingerprint density at radius 3 is 1.97 bits per heavy atom. The van der Waals surface area contributed by atoms with E-state index >= 15 is 0 Å². The van der Waals surface area contributed by atoms with Gasteiger partial charge in [0.1, 0.15) is 0 Å². The van der Waals surface area contributed by atoms with E-state index in [4.69, 9.17) is 4.74 Å². The average molecular weight is 493 g/mol. The molecule has 0 N–H and O–H groups in total. The largest absolute Gasteiger partial charge is 0.375 e. The first-order valence-electron chi connectivity index (χ1n) is 12.0. The maximum absolute atomic E-state index is 12.5. The topological polar surface area (TPSA) is 72.7 Å². The molecule has 0 aliphatic heterocycles. The molecule has 0 saturated heterocycles. The fraction of sp³-hybridized carbons (Fsp3) is 0.129. The molecule has 0 amide bonds. The Labute approximate surface area is 216 Å². The zero-order valence-electron chi connectivity index (χ0n) is 20.6. The summed E-state index contributed by atoms with van der Waals surface area (Å²) in [5.74, 6) is 0.0163. The minimum absolute atomic E-state index is 0.0163. The van der Waals surface area contributed by atoms with Crippen molar-refractivity contribution in [3.8, 4) is 0 Å². The van der Waals surface area contributed by atoms with Crippen molar-refractivity contribution in [1.82, 2.24) is 0 Å². The number of carbonyl (C=O) groups excluding carboxylic acids is 1. The highest BCUT2D eigenvalue weighted by molar-refractivity contribution is 6.08. The molecule has 0 spiro atoms. The monoisotopic (exact) mass is 492 g/mol. The van der Waals surface area contributed by atoms with Crippen LogP contribution >= 0.6 is 0 Å². The molecule has 4 aromatic carbocycles. The van der Waals surface area contributed by atoms with E-state index in [0.717, 1.165) is 28.9 Å². The number of nitrogens with zero attached hydrogens (tertiary/aromatic N) is 2. The second-order valence-electron chi connectivity index (χ2n) is 8.64. The molecule has 6 heteroatoms. The summed E-state index contributed by atoms with van der Waals surface area (Å²) in [4.78, 5) is 25.0. The van der Waals surface area contributed by atoms with Crippen molar-refractivity contribution in [3.63, 3.8) is 0 Å². The highest BCUT2D eigenvalue weighted by Gasteiger charge is 2.08. The summed E-state index contributed by atoms with van der Waals surface area (Å²) in [7, 11) is 2.02. The van der Waals surface area contributed by atoms with Crippen LogP contribution in [0.1, 0.15) is 32.6 Å². The van der Waals surface area contributed by atoms with Crippen molar-refractivity contribution < 1.29 is 14.5 Å². The number of ether oxygens (including phenoxy) is 1. The van der Waals surface area contributed by atoms with Gasteiger partial charge < -0.3 is 9.64 Å². The Balaban J connectivity index is 1.21. The quantitative estimate of drug-likeness (QED) is 0.0771. The SMILES string of the molecule is CN(CCOCc1ccc(C(=O)c2ccccc2)cc1)c1ccc(/C=C/c2ccc([N+](=O)[O-])cc2)cc1. The minimum Gasteiger partial charge on any atom is -0.375 e. The molecule has 0 saturated carbocycles. The van der Waals surface area contributed by atoms with Gasteiger partial charge in [-0.1, -0.05) is 78.9 Å². The summed E-state index contributed by atoms with van der Waals surface area (Å²) < 4.78 is 5.85. The Kier molecular flexibility index (Phi) is 8.57. The summed E-state index contributed by atoms with van der Waals surface area (Å²) in [6.07, 6.45) is 3.91. The zero-order valence-corrected chi connectivity index (χ0v) is 20.6. The number of nitro groups is 1. The Hall–Kier alpha value is -4.55. The molecule has 186 valence electrons. The van der Waals surface area contributed by atoms with Crippen LogP contribution in [-0.4, -0.2) is 30.9 Å². The molecule has 6 nitrogen and oxygen atoms in total. The molecule has 0 fully saturated rings. The number of hydrogen-bond acceptors (Lipinski definition) is 5. The molecule has 0 radical (unpaired) electrons. The van der Waals surface area contributed by atoms with E-state index in [0.29, 0.717) is 24.3 Å². The first-order chi connectivity index (χ1) is 18.0. The standard InChI is InChI=1S/C31H28N2O4/c1-32(29-17-11-24(12-18-29)7-8-25-13-19-30(20-14-25)33(35)36)21-22-37-23-26-9-15-28(16-10-26)31(34)27-5-3-2-4-6-27/h2-20H,21-23H2,1H3/b8-7+. The molecule has 0 aliphatic rings. The molecule has 4 rings (SSSR count). The summed E-state index contributed by atoms with van der Waals surface area (Å²) in [5, 5.41) is 10.8. The Morgan fingerprint density at radius 2 is 1.38 bits per heavy atom. The number of ketones is 1. The van der Waals surface area contributed by atoms with Gasteiger partial charge in [-0.3, -0.25) is 14.9 Å². The van der Waals surface area contributed by atoms with E-state index in [2.05, 4.69) is 17.0 Å². The predicted octanol–water partition coefficient (Wildman–Crippen LogP) is 6.65. The van der Waals surface area contributed by atoms with Gasteiger partial charge in [-0.15, -0.1) is 0 Å². The number of hydrogen-bond donors (Lipinski definition) is 0. The number of non-ortho nitro benzene ring substituents is 1. The second-order valence-corrected chi connectivity index (χ2v) is 8.64. The first-order valence-corrected chi connectivity index (χ1v) is 12.0. The molecule has 0 bridgehead atoms. The fourth-order valence-electron chi connectivity index (χ4n) is 3.77. The molecule has 0 aromatic heterocycles. The van der Waals surface area contributed by atoms with E-state index in [1.807, 2.05) is 85.9 Å². The number of nitro benzene ring substituents is 1. The van der Waals surface area contributed by atoms with Crippen LogP contribution in [0.4, 0.5) is 11.4 Å². The fourth-order valence-corrected chi connectivity index (χ4v) is 3.77. The van der Waals surface area contributed by atoms with Crippen LogP contribution in [0.3, 0.4) is 0 Å². The molecule has 0 atom stereocenters. The lowest BCUT2D eigenvalue weighted by atomic mass is 10.0. The van der Waals surface area contributed by atoms with Crippen LogP contribution in [-0.2, 0) is 11.3 Å². The number of anilines is 1. The molecule has 0 aliphatic carbocycles. The molecule has 0 unspecified atom stereocenters. The van der Waals surface area contributed by atoms with Gasteiger partial charge in [-0.05, 0) is 41.0 Å². The summed E-state index contributed by atoms with van der Waals surface area (Å²) >= 11 is 0. The van der Waals surface area contributed by atoms with Gasteiger partial charge in [0.2, 0.25) is 0 Å². The van der Waals surface area contributed by atoms with Crippen molar-refractivity contribution in [2.75, 3.05) is 25.1 Å². The van der Waals surface area contributed by atoms with E-state index in [-0.39, 0.29) is 11.5 Å². The Morgan fingerprint density at radius 1 is 0.811 bits per heavy atom. The lowest BCUT2D eigenvalue weighted by Gasteiger charge is -2.19. The van der Waals surface area contributed by atoms with Crippen molar-refractivity contribution in [2.24, 2.45) is 0 Å². The minimum atomic E-state index is -0.401. The van der Waals surface area contributed by atoms with E-state index < -0.39 is 4.92 Å². The molecular formula is C31H28N2O4. The summed E-state index contributed by atoms with van der Waals surface area (Å²) in [6.45, 7) is 1.80.